The quantitative estimate of drug-likeness (QED) is 0.537. The van der Waals surface area contributed by atoms with Crippen molar-refractivity contribution >= 4 is 22.4 Å². The van der Waals surface area contributed by atoms with Crippen molar-refractivity contribution in [1.82, 2.24) is 4.98 Å². The van der Waals surface area contributed by atoms with Gasteiger partial charge in [0.15, 0.2) is 5.82 Å². The van der Waals surface area contributed by atoms with E-state index in [0.717, 1.165) is 11.5 Å². The van der Waals surface area contributed by atoms with Crippen LogP contribution in [0.2, 0.25) is 0 Å². The number of benzene rings is 2. The minimum absolute atomic E-state index is 0.160. The highest BCUT2D eigenvalue weighted by molar-refractivity contribution is 5.98. The summed E-state index contributed by atoms with van der Waals surface area (Å²) in [6.45, 7) is 1.68. The molecule has 0 aliphatic heterocycles. The lowest BCUT2D eigenvalue weighted by molar-refractivity contribution is 0.415. The minimum atomic E-state index is -0.716. The van der Waals surface area contributed by atoms with E-state index in [4.69, 9.17) is 16.2 Å². The van der Waals surface area contributed by atoms with Gasteiger partial charge >= 0.3 is 0 Å². The Balaban J connectivity index is 2.28. The van der Waals surface area contributed by atoms with Crippen molar-refractivity contribution in [3.8, 4) is 17.0 Å². The second kappa shape index (κ2) is 7.41. The monoisotopic (exact) mass is 368 g/mol. The second-order valence-electron chi connectivity index (χ2n) is 5.97. The van der Waals surface area contributed by atoms with Crippen molar-refractivity contribution < 1.29 is 13.5 Å². The number of fused-ring (bicyclic) bond motifs is 1. The van der Waals surface area contributed by atoms with Gasteiger partial charge in [-0.05, 0) is 54.8 Å². The molecule has 5 nitrogen and oxygen atoms in total. The number of allylic oxidation sites excluding steroid dienone is 1. The molecule has 3 rings (SSSR count). The lowest BCUT2D eigenvalue weighted by atomic mass is 10.0. The average Bonchev–Trinajstić information content (AvgIpc) is 2.60. The number of aromatic nitrogens is 1. The molecule has 4 N–H and O–H groups in total. The fraction of sp³-hybridized carbons (Fsp3) is 0.100. The molecule has 27 heavy (non-hydrogen) atoms. The average molecular weight is 368 g/mol. The molecule has 0 aliphatic carbocycles. The Labute approximate surface area is 155 Å². The molecule has 0 spiro atoms. The van der Waals surface area contributed by atoms with E-state index >= 15 is 0 Å². The van der Waals surface area contributed by atoms with Gasteiger partial charge in [-0.25, -0.2) is 18.8 Å². The Morgan fingerprint density at radius 3 is 2.56 bits per heavy atom. The predicted molar refractivity (Wildman–Crippen MR) is 103 cm³/mol. The van der Waals surface area contributed by atoms with Gasteiger partial charge in [0.2, 0.25) is 0 Å². The standard InChI is InChI=1S/C20H18F2N4O/c1-11(23)7-18(24)25-19-9-12-8-14(27-2)4-6-15(12)20(26-19)16-5-3-13(21)10-17(16)22/h3-10H,23H2,1-2H3,(H2,24,25,26)/b11-7-. The molecule has 0 amide bonds. The van der Waals surface area contributed by atoms with E-state index in [1.54, 1.807) is 38.3 Å². The highest BCUT2D eigenvalue weighted by Gasteiger charge is 2.14. The highest BCUT2D eigenvalue weighted by atomic mass is 19.1. The number of halogens is 2. The van der Waals surface area contributed by atoms with Crippen LogP contribution in [0.15, 0.2) is 59.2 Å². The van der Waals surface area contributed by atoms with Gasteiger partial charge in [-0.2, -0.15) is 0 Å². The van der Waals surface area contributed by atoms with Crippen LogP contribution in [0, 0.1) is 11.6 Å². The van der Waals surface area contributed by atoms with Crippen molar-refractivity contribution in [2.24, 2.45) is 16.5 Å². The van der Waals surface area contributed by atoms with Gasteiger partial charge in [0.25, 0.3) is 0 Å². The first-order valence-electron chi connectivity index (χ1n) is 8.09. The normalized spacial score (nSPS) is 12.4. The largest absolute Gasteiger partial charge is 0.497 e. The van der Waals surface area contributed by atoms with E-state index in [1.165, 1.54) is 18.2 Å². The van der Waals surface area contributed by atoms with Crippen molar-refractivity contribution in [1.29, 1.82) is 0 Å². The summed E-state index contributed by atoms with van der Waals surface area (Å²) in [7, 11) is 1.55. The molecule has 7 heteroatoms. The molecule has 3 aromatic rings. The van der Waals surface area contributed by atoms with Crippen LogP contribution in [0.4, 0.5) is 14.6 Å². The highest BCUT2D eigenvalue weighted by Crippen LogP contribution is 2.33. The molecule has 0 unspecified atom stereocenters. The van der Waals surface area contributed by atoms with Crippen molar-refractivity contribution in [3.63, 3.8) is 0 Å². The third-order valence-electron chi connectivity index (χ3n) is 3.83. The van der Waals surface area contributed by atoms with Crippen molar-refractivity contribution in [2.45, 2.75) is 6.92 Å². The fourth-order valence-electron chi connectivity index (χ4n) is 2.69. The number of hydrogen-bond donors (Lipinski definition) is 2. The van der Waals surface area contributed by atoms with E-state index in [0.29, 0.717) is 22.5 Å². The number of pyridine rings is 1. The lowest BCUT2D eigenvalue weighted by Crippen LogP contribution is -2.10. The summed E-state index contributed by atoms with van der Waals surface area (Å²) in [5.74, 6) is -0.324. The van der Waals surface area contributed by atoms with Gasteiger partial charge in [-0.1, -0.05) is 0 Å². The smallest absolute Gasteiger partial charge is 0.155 e. The number of nitrogens with two attached hydrogens (primary N) is 2. The van der Waals surface area contributed by atoms with Gasteiger partial charge < -0.3 is 16.2 Å². The lowest BCUT2D eigenvalue weighted by Gasteiger charge is -2.10. The summed E-state index contributed by atoms with van der Waals surface area (Å²) >= 11 is 0. The maximum Gasteiger partial charge on any atom is 0.155 e. The topological polar surface area (TPSA) is 86.5 Å². The fourth-order valence-corrected chi connectivity index (χ4v) is 2.69. The first kappa shape index (κ1) is 18.3. The summed E-state index contributed by atoms with van der Waals surface area (Å²) < 4.78 is 32.9. The maximum absolute atomic E-state index is 14.4. The summed E-state index contributed by atoms with van der Waals surface area (Å²) in [6.07, 6.45) is 1.50. The number of methoxy groups -OCH3 is 1. The number of hydrogen-bond acceptors (Lipinski definition) is 4. The van der Waals surface area contributed by atoms with Crippen LogP contribution in [0.25, 0.3) is 22.0 Å². The Hall–Kier alpha value is -3.48. The molecular formula is C20H18F2N4O. The second-order valence-corrected chi connectivity index (χ2v) is 5.97. The van der Waals surface area contributed by atoms with Crippen molar-refractivity contribution in [2.75, 3.05) is 7.11 Å². The molecule has 0 atom stereocenters. The first-order chi connectivity index (χ1) is 12.9. The van der Waals surface area contributed by atoms with Crippen LogP contribution in [0.3, 0.4) is 0 Å². The summed E-state index contributed by atoms with van der Waals surface area (Å²) in [5, 5.41) is 1.40. The van der Waals surface area contributed by atoms with Crippen LogP contribution in [-0.2, 0) is 0 Å². The zero-order valence-electron chi connectivity index (χ0n) is 14.8. The third-order valence-corrected chi connectivity index (χ3v) is 3.83. The molecule has 0 radical (unpaired) electrons. The molecule has 0 bridgehead atoms. The summed E-state index contributed by atoms with van der Waals surface area (Å²) in [4.78, 5) is 8.65. The van der Waals surface area contributed by atoms with Crippen LogP contribution in [0.1, 0.15) is 6.92 Å². The Bertz CT molecular complexity index is 1070. The first-order valence-corrected chi connectivity index (χ1v) is 8.09. The molecule has 1 heterocycles. The Kier molecular flexibility index (Phi) is 5.03. The van der Waals surface area contributed by atoms with Crippen LogP contribution in [0.5, 0.6) is 5.75 Å². The van der Waals surface area contributed by atoms with Gasteiger partial charge in [-0.3, -0.25) is 0 Å². The maximum atomic E-state index is 14.4. The number of nitrogens with zero attached hydrogens (tertiary/aromatic N) is 2. The number of ether oxygens (including phenoxy) is 1. The van der Waals surface area contributed by atoms with Crippen LogP contribution in [-0.4, -0.2) is 17.9 Å². The molecular weight excluding hydrogens is 350 g/mol. The van der Waals surface area contributed by atoms with E-state index in [-0.39, 0.29) is 17.2 Å². The number of amidine groups is 1. The van der Waals surface area contributed by atoms with E-state index in [9.17, 15) is 8.78 Å². The molecule has 0 aliphatic rings. The molecule has 0 saturated carbocycles. The van der Waals surface area contributed by atoms with E-state index in [1.807, 2.05) is 0 Å². The molecule has 0 saturated heterocycles. The molecule has 1 aromatic heterocycles. The summed E-state index contributed by atoms with van der Waals surface area (Å²) in [5.41, 5.74) is 12.4. The Morgan fingerprint density at radius 2 is 1.89 bits per heavy atom. The molecule has 138 valence electrons. The van der Waals surface area contributed by atoms with Gasteiger partial charge in [0.05, 0.1) is 12.8 Å². The SMILES string of the molecule is COc1ccc2c(-c3ccc(F)cc3F)nc(N=C(N)/C=C(/C)N)cc2c1. The third kappa shape index (κ3) is 4.03. The van der Waals surface area contributed by atoms with Gasteiger partial charge in [-0.15, -0.1) is 0 Å². The van der Waals surface area contributed by atoms with Gasteiger partial charge in [0.1, 0.15) is 23.2 Å². The number of rotatable bonds is 4. The molecule has 0 fully saturated rings. The minimum Gasteiger partial charge on any atom is -0.497 e. The summed E-state index contributed by atoms with van der Waals surface area (Å²) in [6, 6.07) is 10.3. The van der Waals surface area contributed by atoms with E-state index in [2.05, 4.69) is 9.98 Å². The predicted octanol–water partition coefficient (Wildman–Crippen LogP) is 4.04. The van der Waals surface area contributed by atoms with Crippen LogP contribution < -0.4 is 16.2 Å². The zero-order valence-corrected chi connectivity index (χ0v) is 14.8. The zero-order chi connectivity index (χ0) is 19.6. The van der Waals surface area contributed by atoms with Crippen LogP contribution >= 0.6 is 0 Å². The van der Waals surface area contributed by atoms with E-state index < -0.39 is 11.6 Å². The molecule has 2 aromatic carbocycles. The van der Waals surface area contributed by atoms with Gasteiger partial charge in [0, 0.05) is 22.7 Å². The van der Waals surface area contributed by atoms with Crippen molar-refractivity contribution in [3.05, 3.63) is 65.9 Å². The Morgan fingerprint density at radius 1 is 1.11 bits per heavy atom. The number of aliphatic imine (C=N–C) groups is 1.